The van der Waals surface area contributed by atoms with E-state index in [1.165, 1.54) is 24.3 Å². The lowest BCUT2D eigenvalue weighted by molar-refractivity contribution is 0.0941. The molecule has 0 saturated heterocycles. The maximum absolute atomic E-state index is 13.0. The highest BCUT2D eigenvalue weighted by Gasteiger charge is 2.21. The van der Waals surface area contributed by atoms with Crippen molar-refractivity contribution in [3.8, 4) is 0 Å². The van der Waals surface area contributed by atoms with Crippen molar-refractivity contribution >= 4 is 5.91 Å². The molecular formula is C18H16FN3O. The highest BCUT2D eigenvalue weighted by molar-refractivity contribution is 5.94. The Morgan fingerprint density at radius 1 is 1.13 bits per heavy atom. The van der Waals surface area contributed by atoms with Crippen LogP contribution in [0.15, 0.2) is 67.0 Å². The quantitative estimate of drug-likeness (QED) is 0.805. The third kappa shape index (κ3) is 3.29. The molecular weight excluding hydrogens is 293 g/mol. The van der Waals surface area contributed by atoms with Crippen LogP contribution in [0, 0.1) is 5.82 Å². The maximum Gasteiger partial charge on any atom is 0.252 e. The van der Waals surface area contributed by atoms with Crippen LogP contribution >= 0.6 is 0 Å². The number of halogens is 1. The molecule has 0 aliphatic carbocycles. The Morgan fingerprint density at radius 3 is 2.43 bits per heavy atom. The zero-order valence-electron chi connectivity index (χ0n) is 12.6. The molecule has 5 heteroatoms. The van der Waals surface area contributed by atoms with Gasteiger partial charge in [-0.05, 0) is 29.8 Å². The van der Waals surface area contributed by atoms with Gasteiger partial charge in [-0.25, -0.2) is 9.37 Å². The molecule has 0 spiro atoms. The van der Waals surface area contributed by atoms with Crippen LogP contribution in [-0.4, -0.2) is 15.5 Å². The van der Waals surface area contributed by atoms with Gasteiger partial charge in [-0.1, -0.05) is 30.3 Å². The number of aryl methyl sites for hydroxylation is 1. The standard InChI is InChI=1S/C18H16FN3O/c1-22-12-11-20-17(22)16(13-5-3-2-4-6-13)21-18(23)14-7-9-15(19)10-8-14/h2-12,16H,1H3,(H,21,23). The first-order valence-corrected chi connectivity index (χ1v) is 7.24. The molecule has 3 aromatic rings. The van der Waals surface area contributed by atoms with Crippen molar-refractivity contribution in [2.75, 3.05) is 0 Å². The van der Waals surface area contributed by atoms with Gasteiger partial charge in [-0.3, -0.25) is 4.79 Å². The van der Waals surface area contributed by atoms with Gasteiger partial charge in [0.25, 0.3) is 5.91 Å². The fourth-order valence-electron chi connectivity index (χ4n) is 2.41. The van der Waals surface area contributed by atoms with E-state index in [0.717, 1.165) is 11.4 Å². The second-order valence-electron chi connectivity index (χ2n) is 5.22. The molecule has 3 rings (SSSR count). The van der Waals surface area contributed by atoms with Crippen molar-refractivity contribution in [3.63, 3.8) is 0 Å². The lowest BCUT2D eigenvalue weighted by Crippen LogP contribution is -2.31. The summed E-state index contributed by atoms with van der Waals surface area (Å²) in [5.41, 5.74) is 1.33. The largest absolute Gasteiger partial charge is 0.338 e. The third-order valence-electron chi connectivity index (χ3n) is 3.63. The zero-order chi connectivity index (χ0) is 16.2. The molecule has 0 aliphatic heterocycles. The Morgan fingerprint density at radius 2 is 1.83 bits per heavy atom. The van der Waals surface area contributed by atoms with Crippen LogP contribution in [0.2, 0.25) is 0 Å². The number of nitrogens with one attached hydrogen (secondary N) is 1. The van der Waals surface area contributed by atoms with Crippen molar-refractivity contribution in [2.24, 2.45) is 7.05 Å². The molecule has 1 heterocycles. The van der Waals surface area contributed by atoms with E-state index in [-0.39, 0.29) is 17.8 Å². The van der Waals surface area contributed by atoms with Crippen LogP contribution in [0.5, 0.6) is 0 Å². The highest BCUT2D eigenvalue weighted by atomic mass is 19.1. The second kappa shape index (κ2) is 6.44. The van der Waals surface area contributed by atoms with E-state index in [9.17, 15) is 9.18 Å². The first kappa shape index (κ1) is 15.0. The zero-order valence-corrected chi connectivity index (χ0v) is 12.6. The minimum atomic E-state index is -0.381. The van der Waals surface area contributed by atoms with Crippen LogP contribution in [0.3, 0.4) is 0 Å². The molecule has 4 nitrogen and oxygen atoms in total. The monoisotopic (exact) mass is 309 g/mol. The molecule has 0 bridgehead atoms. The number of benzene rings is 2. The molecule has 23 heavy (non-hydrogen) atoms. The summed E-state index contributed by atoms with van der Waals surface area (Å²) in [6.45, 7) is 0. The minimum absolute atomic E-state index is 0.276. The first-order chi connectivity index (χ1) is 11.1. The molecule has 0 radical (unpaired) electrons. The number of amides is 1. The van der Waals surface area contributed by atoms with Gasteiger partial charge in [-0.15, -0.1) is 0 Å². The van der Waals surface area contributed by atoms with Crippen LogP contribution in [0.4, 0.5) is 4.39 Å². The van der Waals surface area contributed by atoms with Gasteiger partial charge < -0.3 is 9.88 Å². The van der Waals surface area contributed by atoms with E-state index in [1.54, 1.807) is 6.20 Å². The summed E-state index contributed by atoms with van der Waals surface area (Å²) in [7, 11) is 1.88. The molecule has 1 atom stereocenters. The lowest BCUT2D eigenvalue weighted by Gasteiger charge is -2.19. The van der Waals surface area contributed by atoms with Gasteiger partial charge in [-0.2, -0.15) is 0 Å². The predicted molar refractivity (Wildman–Crippen MR) is 85.4 cm³/mol. The van der Waals surface area contributed by atoms with Crippen molar-refractivity contribution in [1.29, 1.82) is 0 Å². The summed E-state index contributed by atoms with van der Waals surface area (Å²) in [6, 6.07) is 14.7. The normalized spacial score (nSPS) is 11.9. The second-order valence-corrected chi connectivity index (χ2v) is 5.22. The van der Waals surface area contributed by atoms with Gasteiger partial charge in [0.2, 0.25) is 0 Å². The number of nitrogens with zero attached hydrogens (tertiary/aromatic N) is 2. The average Bonchev–Trinajstić information content (AvgIpc) is 2.99. The molecule has 2 aromatic carbocycles. The Labute approximate surface area is 133 Å². The third-order valence-corrected chi connectivity index (χ3v) is 3.63. The van der Waals surface area contributed by atoms with Crippen LogP contribution in [0.25, 0.3) is 0 Å². The summed E-state index contributed by atoms with van der Waals surface area (Å²) >= 11 is 0. The van der Waals surface area contributed by atoms with E-state index >= 15 is 0 Å². The van der Waals surface area contributed by atoms with Crippen molar-refractivity contribution in [1.82, 2.24) is 14.9 Å². The molecule has 1 N–H and O–H groups in total. The summed E-state index contributed by atoms with van der Waals surface area (Å²) in [5, 5.41) is 2.97. The number of hydrogen-bond acceptors (Lipinski definition) is 2. The summed E-state index contributed by atoms with van der Waals surface area (Å²) in [5.74, 6) is 0.0822. The van der Waals surface area contributed by atoms with Gasteiger partial charge >= 0.3 is 0 Å². The molecule has 0 fully saturated rings. The average molecular weight is 309 g/mol. The van der Waals surface area contributed by atoms with Crippen LogP contribution < -0.4 is 5.32 Å². The Kier molecular flexibility index (Phi) is 4.19. The smallest absolute Gasteiger partial charge is 0.252 e. The number of carbonyl (C=O) groups is 1. The summed E-state index contributed by atoms with van der Waals surface area (Å²) in [4.78, 5) is 16.8. The number of rotatable bonds is 4. The summed E-state index contributed by atoms with van der Waals surface area (Å²) < 4.78 is 14.9. The van der Waals surface area contributed by atoms with Gasteiger partial charge in [0.05, 0.1) is 0 Å². The molecule has 116 valence electrons. The SMILES string of the molecule is Cn1ccnc1C(NC(=O)c1ccc(F)cc1)c1ccccc1. The number of aromatic nitrogens is 2. The number of carbonyl (C=O) groups excluding carboxylic acids is 1. The van der Waals surface area contributed by atoms with E-state index in [0.29, 0.717) is 5.56 Å². The fourth-order valence-corrected chi connectivity index (χ4v) is 2.41. The number of hydrogen-bond donors (Lipinski definition) is 1. The van der Waals surface area contributed by atoms with Gasteiger partial charge in [0.15, 0.2) is 0 Å². The van der Waals surface area contributed by atoms with E-state index in [4.69, 9.17) is 0 Å². The van der Waals surface area contributed by atoms with Crippen LogP contribution in [-0.2, 0) is 7.05 Å². The molecule has 1 aromatic heterocycles. The van der Waals surface area contributed by atoms with E-state index in [2.05, 4.69) is 10.3 Å². The lowest BCUT2D eigenvalue weighted by atomic mass is 10.1. The van der Waals surface area contributed by atoms with Gasteiger partial charge in [0.1, 0.15) is 17.7 Å². The maximum atomic E-state index is 13.0. The van der Waals surface area contributed by atoms with E-state index < -0.39 is 0 Å². The minimum Gasteiger partial charge on any atom is -0.338 e. The van der Waals surface area contributed by atoms with E-state index in [1.807, 2.05) is 48.1 Å². The highest BCUT2D eigenvalue weighted by Crippen LogP contribution is 2.20. The van der Waals surface area contributed by atoms with Crippen molar-refractivity contribution in [3.05, 3.63) is 89.8 Å². The molecule has 1 amide bonds. The summed E-state index contributed by atoms with van der Waals surface area (Å²) in [6.07, 6.45) is 3.52. The molecule has 1 unspecified atom stereocenters. The predicted octanol–water partition coefficient (Wildman–Crippen LogP) is 3.08. The molecule has 0 aliphatic rings. The van der Waals surface area contributed by atoms with Crippen molar-refractivity contribution < 1.29 is 9.18 Å². The first-order valence-electron chi connectivity index (χ1n) is 7.24. The Hall–Kier alpha value is -2.95. The Balaban J connectivity index is 1.92. The van der Waals surface area contributed by atoms with Crippen LogP contribution in [0.1, 0.15) is 27.8 Å². The fraction of sp³-hybridized carbons (Fsp3) is 0.111. The number of imidazole rings is 1. The Bertz CT molecular complexity index is 797. The molecule has 0 saturated carbocycles. The topological polar surface area (TPSA) is 46.9 Å². The van der Waals surface area contributed by atoms with Gasteiger partial charge in [0, 0.05) is 25.0 Å². The van der Waals surface area contributed by atoms with Crippen molar-refractivity contribution in [2.45, 2.75) is 6.04 Å².